The van der Waals surface area contributed by atoms with Gasteiger partial charge in [0, 0.05) is 11.0 Å². The van der Waals surface area contributed by atoms with Crippen LogP contribution in [0.2, 0.25) is 0 Å². The molecule has 5 rings (SSSR count). The summed E-state index contributed by atoms with van der Waals surface area (Å²) in [7, 11) is 0. The van der Waals surface area contributed by atoms with Crippen molar-refractivity contribution in [1.82, 2.24) is 0 Å². The molecule has 0 heterocycles. The van der Waals surface area contributed by atoms with E-state index in [9.17, 15) is 4.39 Å². The van der Waals surface area contributed by atoms with Crippen molar-refractivity contribution in [3.63, 3.8) is 0 Å². The molecule has 3 aromatic rings. The Labute approximate surface area is 321 Å². The van der Waals surface area contributed by atoms with Gasteiger partial charge in [-0.15, -0.1) is 6.58 Å². The van der Waals surface area contributed by atoms with Crippen LogP contribution in [0.1, 0.15) is 170 Å². The van der Waals surface area contributed by atoms with Crippen LogP contribution < -0.4 is 10.4 Å². The van der Waals surface area contributed by atoms with Crippen LogP contribution in [0.5, 0.6) is 0 Å². The predicted octanol–water partition coefficient (Wildman–Crippen LogP) is 14.8. The van der Waals surface area contributed by atoms with E-state index in [1.165, 1.54) is 62.3 Å². The number of benzene rings is 3. The molecule has 0 aromatic heterocycles. The Hall–Kier alpha value is -3.71. The van der Waals surface area contributed by atoms with Crippen LogP contribution in [0.3, 0.4) is 0 Å². The lowest BCUT2D eigenvalue weighted by atomic mass is 9.69. The molecule has 0 fully saturated rings. The van der Waals surface area contributed by atoms with Gasteiger partial charge in [0.1, 0.15) is 5.82 Å². The molecule has 0 bridgehead atoms. The van der Waals surface area contributed by atoms with Crippen LogP contribution in [-0.4, -0.2) is 0 Å². The lowest BCUT2D eigenvalue weighted by molar-refractivity contribution is 0.541. The Morgan fingerprint density at radius 2 is 1.46 bits per heavy atom. The summed E-state index contributed by atoms with van der Waals surface area (Å²) < 4.78 is 14.5. The second kappa shape index (κ2) is 24.5. The second-order valence-corrected chi connectivity index (χ2v) is 14.5. The number of unbranched alkanes of at least 4 members (excludes halogenated alkanes) is 1. The second-order valence-electron chi connectivity index (χ2n) is 14.5. The molecule has 286 valence electrons. The molecule has 0 amide bonds. The first-order valence-corrected chi connectivity index (χ1v) is 20.1. The van der Waals surface area contributed by atoms with E-state index in [2.05, 4.69) is 149 Å². The SMILES string of the molecule is C/C=C\C=C/C1=CCc2ccc(C(C)(C)C)cc21.C=C(C)CC.CC.CC.CC/C=c1/cccc2c1=C(C)c1cccc(F)c1C2(C)C.CCCC. The molecule has 0 N–H and O–H groups in total. The molecular weight excluding hydrogens is 632 g/mol. The van der Waals surface area contributed by atoms with Gasteiger partial charge in [0.15, 0.2) is 0 Å². The Bertz CT molecular complexity index is 1730. The maximum absolute atomic E-state index is 14.5. The Morgan fingerprint density at radius 3 is 1.98 bits per heavy atom. The molecule has 0 radical (unpaired) electrons. The fourth-order valence-corrected chi connectivity index (χ4v) is 5.89. The fourth-order valence-electron chi connectivity index (χ4n) is 5.89. The first kappa shape index (κ1) is 48.3. The van der Waals surface area contributed by atoms with Crippen molar-refractivity contribution < 1.29 is 4.39 Å². The van der Waals surface area contributed by atoms with Crippen molar-refractivity contribution in [2.45, 2.75) is 154 Å². The lowest BCUT2D eigenvalue weighted by Gasteiger charge is -2.34. The van der Waals surface area contributed by atoms with Gasteiger partial charge in [-0.25, -0.2) is 4.39 Å². The number of fused-ring (bicyclic) bond motifs is 3. The molecule has 0 saturated carbocycles. The summed E-state index contributed by atoms with van der Waals surface area (Å²) in [6.07, 6.45) is 18.8. The zero-order valence-electron chi connectivity index (χ0n) is 36.3. The van der Waals surface area contributed by atoms with E-state index in [-0.39, 0.29) is 16.6 Å². The minimum absolute atomic E-state index is 0.104. The van der Waals surface area contributed by atoms with E-state index in [0.717, 1.165) is 30.4 Å². The molecule has 0 nitrogen and oxygen atoms in total. The highest BCUT2D eigenvalue weighted by molar-refractivity contribution is 5.80. The Balaban J connectivity index is 0.000000759. The summed E-state index contributed by atoms with van der Waals surface area (Å²) in [5, 5.41) is 2.54. The number of rotatable bonds is 5. The van der Waals surface area contributed by atoms with E-state index in [1.807, 2.05) is 53.7 Å². The van der Waals surface area contributed by atoms with Crippen molar-refractivity contribution in [3.8, 4) is 0 Å². The average Bonchev–Trinajstić information content (AvgIpc) is 3.55. The first-order valence-electron chi connectivity index (χ1n) is 20.1. The van der Waals surface area contributed by atoms with Crippen molar-refractivity contribution in [1.29, 1.82) is 0 Å². The summed E-state index contributed by atoms with van der Waals surface area (Å²) in [4.78, 5) is 0. The van der Waals surface area contributed by atoms with E-state index in [1.54, 1.807) is 6.07 Å². The fraction of sp³-hybridized carbons (Fsp3) is 0.451. The van der Waals surface area contributed by atoms with Crippen molar-refractivity contribution >= 4 is 17.2 Å². The van der Waals surface area contributed by atoms with Gasteiger partial charge in [-0.1, -0.05) is 193 Å². The molecule has 0 aliphatic heterocycles. The smallest absolute Gasteiger partial charge is 0.127 e. The minimum atomic E-state index is -0.312. The maximum Gasteiger partial charge on any atom is 0.127 e. The third-order valence-corrected chi connectivity index (χ3v) is 9.12. The van der Waals surface area contributed by atoms with E-state index >= 15 is 0 Å². The molecule has 52 heavy (non-hydrogen) atoms. The summed E-state index contributed by atoms with van der Waals surface area (Å²) in [5.41, 5.74) is 11.1. The van der Waals surface area contributed by atoms with Crippen LogP contribution in [0.4, 0.5) is 4.39 Å². The molecule has 2 aliphatic carbocycles. The summed E-state index contributed by atoms with van der Waals surface area (Å²) in [5.74, 6) is -0.104. The van der Waals surface area contributed by atoms with Crippen molar-refractivity contribution in [2.24, 2.45) is 0 Å². The van der Waals surface area contributed by atoms with E-state index < -0.39 is 0 Å². The molecule has 0 saturated heterocycles. The highest BCUT2D eigenvalue weighted by Gasteiger charge is 2.34. The average molecular weight is 707 g/mol. The quantitative estimate of drug-likeness (QED) is 0.183. The monoisotopic (exact) mass is 707 g/mol. The van der Waals surface area contributed by atoms with Crippen LogP contribution in [0.25, 0.3) is 17.2 Å². The normalized spacial score (nSPS) is 13.6. The predicted molar refractivity (Wildman–Crippen MR) is 236 cm³/mol. The van der Waals surface area contributed by atoms with Gasteiger partial charge in [0.25, 0.3) is 0 Å². The zero-order chi connectivity index (χ0) is 40.1. The molecule has 0 spiro atoms. The van der Waals surface area contributed by atoms with Gasteiger partial charge >= 0.3 is 0 Å². The van der Waals surface area contributed by atoms with Gasteiger partial charge in [0.2, 0.25) is 0 Å². The van der Waals surface area contributed by atoms with Gasteiger partial charge in [0.05, 0.1) is 0 Å². The van der Waals surface area contributed by atoms with Crippen LogP contribution in [-0.2, 0) is 17.3 Å². The van der Waals surface area contributed by atoms with Crippen LogP contribution in [0.15, 0.2) is 97.1 Å². The summed E-state index contributed by atoms with van der Waals surface area (Å²) in [6.45, 7) is 37.5. The maximum atomic E-state index is 14.5. The molecule has 1 heteroatoms. The first-order chi connectivity index (χ1) is 24.7. The lowest BCUT2D eigenvalue weighted by Crippen LogP contribution is -2.41. The Morgan fingerprint density at radius 1 is 0.865 bits per heavy atom. The molecule has 3 aromatic carbocycles. The van der Waals surface area contributed by atoms with Crippen molar-refractivity contribution in [3.05, 3.63) is 147 Å². The largest absolute Gasteiger partial charge is 0.207 e. The van der Waals surface area contributed by atoms with Crippen LogP contribution in [0, 0.1) is 5.82 Å². The van der Waals surface area contributed by atoms with E-state index in [4.69, 9.17) is 0 Å². The number of hydrogen-bond acceptors (Lipinski definition) is 0. The highest BCUT2D eigenvalue weighted by Crippen LogP contribution is 2.39. The van der Waals surface area contributed by atoms with Gasteiger partial charge in [-0.3, -0.25) is 0 Å². The Kier molecular flexibility index (Phi) is 22.8. The molecule has 0 atom stereocenters. The minimum Gasteiger partial charge on any atom is -0.207 e. The summed E-state index contributed by atoms with van der Waals surface area (Å²) >= 11 is 0. The van der Waals surface area contributed by atoms with E-state index in [0.29, 0.717) is 0 Å². The van der Waals surface area contributed by atoms with Crippen molar-refractivity contribution in [2.75, 3.05) is 0 Å². The van der Waals surface area contributed by atoms with Gasteiger partial charge in [-0.05, 0) is 101 Å². The topological polar surface area (TPSA) is 0 Å². The number of allylic oxidation sites excluding steroid dienone is 7. The molecular formula is C51H75F. The van der Waals surface area contributed by atoms with Crippen LogP contribution >= 0.6 is 0 Å². The molecule has 0 unspecified atom stereocenters. The van der Waals surface area contributed by atoms with Gasteiger partial charge < -0.3 is 0 Å². The zero-order valence-corrected chi connectivity index (χ0v) is 36.3. The van der Waals surface area contributed by atoms with Gasteiger partial charge in [-0.2, -0.15) is 0 Å². The third kappa shape index (κ3) is 13.7. The third-order valence-electron chi connectivity index (χ3n) is 9.12. The summed E-state index contributed by atoms with van der Waals surface area (Å²) in [6, 6.07) is 18.7. The molecule has 2 aliphatic rings. The number of halogens is 1. The standard InChI is InChI=1S/C20H21F.C18H22.C5H10.C4H10.2C2H6/c1-5-8-14-9-6-11-16-18(14)13(2)15-10-7-12-17(21)19(15)20(16,3)4;1-5-6-7-8-14-9-10-15-11-12-16(13-17(14)15)18(2,3)4;1-4-5(2)3;1-3-4-2;2*1-2/h6-12H,5H2,1-4H3;5-9,11-13H,10H2,1-4H3;2,4H2,1,3H3;3-4H2,1-2H3;2*1-2H3/b14-8-;6-5-,8-7-;;;;. The highest BCUT2D eigenvalue weighted by atomic mass is 19.1. The number of hydrogen-bond donors (Lipinski definition) is 0.